The minimum Gasteiger partial charge on any atom is -0.356 e. The van der Waals surface area contributed by atoms with Crippen molar-refractivity contribution in [1.82, 2.24) is 5.32 Å². The molecule has 0 unspecified atom stereocenters. The molecule has 0 heterocycles. The molecule has 0 spiro atoms. The smallest absolute Gasteiger partial charge is 0.226 e. The highest BCUT2D eigenvalue weighted by atomic mass is 35.5. The first kappa shape index (κ1) is 13.5. The van der Waals surface area contributed by atoms with Crippen LogP contribution >= 0.6 is 11.6 Å². The largest absolute Gasteiger partial charge is 0.356 e. The number of carbonyl (C=O) groups is 2. The molecule has 1 aromatic rings. The van der Waals surface area contributed by atoms with Crippen LogP contribution in [0, 0.1) is 6.92 Å². The lowest BCUT2D eigenvalue weighted by Crippen LogP contribution is -2.25. The molecule has 0 saturated carbocycles. The molecule has 5 heteroatoms. The number of anilines is 1. The summed E-state index contributed by atoms with van der Waals surface area (Å²) in [5, 5.41) is 5.89. The van der Waals surface area contributed by atoms with Gasteiger partial charge in [-0.3, -0.25) is 9.59 Å². The minimum absolute atomic E-state index is 0.142. The monoisotopic (exact) mass is 254 g/mol. The van der Waals surface area contributed by atoms with Gasteiger partial charge in [0.15, 0.2) is 0 Å². The fourth-order valence-electron chi connectivity index (χ4n) is 1.29. The van der Waals surface area contributed by atoms with Gasteiger partial charge in [0.2, 0.25) is 11.8 Å². The molecule has 2 amide bonds. The second-order valence-corrected chi connectivity index (χ2v) is 4.18. The van der Waals surface area contributed by atoms with Gasteiger partial charge in [0.05, 0.1) is 0 Å². The lowest BCUT2D eigenvalue weighted by Gasteiger charge is -2.08. The molecule has 0 aromatic heterocycles. The summed E-state index contributed by atoms with van der Waals surface area (Å²) in [5.74, 6) is -0.291. The highest BCUT2D eigenvalue weighted by molar-refractivity contribution is 6.31. The third-order valence-electron chi connectivity index (χ3n) is 2.20. The van der Waals surface area contributed by atoms with E-state index in [0.717, 1.165) is 5.56 Å². The number of benzene rings is 1. The average molecular weight is 255 g/mol. The first-order valence-corrected chi connectivity index (χ1v) is 5.67. The molecule has 92 valence electrons. The standard InChI is InChI=1S/C12H15ClN2O2/c1-8-3-4-10(13)7-11(8)15-12(17)5-6-14-9(2)16/h3-4,7H,5-6H2,1-2H3,(H,14,16)(H,15,17). The number of nitrogens with one attached hydrogen (secondary N) is 2. The molecule has 0 aliphatic carbocycles. The van der Waals surface area contributed by atoms with Crippen LogP contribution in [0.1, 0.15) is 18.9 Å². The highest BCUT2D eigenvalue weighted by Gasteiger charge is 2.05. The summed E-state index contributed by atoms with van der Waals surface area (Å²) in [4.78, 5) is 22.2. The Balaban J connectivity index is 2.50. The van der Waals surface area contributed by atoms with Crippen LogP contribution in [0.4, 0.5) is 5.69 Å². The molecule has 0 radical (unpaired) electrons. The van der Waals surface area contributed by atoms with Crippen molar-refractivity contribution in [2.24, 2.45) is 0 Å². The third kappa shape index (κ3) is 4.87. The Hall–Kier alpha value is -1.55. The van der Waals surface area contributed by atoms with E-state index in [0.29, 0.717) is 17.3 Å². The first-order valence-electron chi connectivity index (χ1n) is 5.29. The summed E-state index contributed by atoms with van der Waals surface area (Å²) in [7, 11) is 0. The Kier molecular flexibility index (Phi) is 4.97. The van der Waals surface area contributed by atoms with Crippen LogP contribution in [0.5, 0.6) is 0 Å². The van der Waals surface area contributed by atoms with E-state index >= 15 is 0 Å². The van der Waals surface area contributed by atoms with E-state index in [1.54, 1.807) is 12.1 Å². The SMILES string of the molecule is CC(=O)NCCC(=O)Nc1cc(Cl)ccc1C. The number of amides is 2. The second kappa shape index (κ2) is 6.25. The predicted molar refractivity (Wildman–Crippen MR) is 68.1 cm³/mol. The van der Waals surface area contributed by atoms with Gasteiger partial charge >= 0.3 is 0 Å². The van der Waals surface area contributed by atoms with Crippen molar-refractivity contribution < 1.29 is 9.59 Å². The quantitative estimate of drug-likeness (QED) is 0.865. The van der Waals surface area contributed by atoms with Gasteiger partial charge in [0, 0.05) is 30.6 Å². The molecule has 0 saturated heterocycles. The molecule has 1 aromatic carbocycles. The van der Waals surface area contributed by atoms with Crippen LogP contribution in [-0.4, -0.2) is 18.4 Å². The third-order valence-corrected chi connectivity index (χ3v) is 2.43. The first-order chi connectivity index (χ1) is 7.99. The van der Waals surface area contributed by atoms with Crippen LogP contribution in [0.3, 0.4) is 0 Å². The Labute approximate surface area is 105 Å². The Bertz CT molecular complexity index is 433. The van der Waals surface area contributed by atoms with Crippen molar-refractivity contribution in [3.05, 3.63) is 28.8 Å². The minimum atomic E-state index is -0.149. The number of halogens is 1. The van der Waals surface area contributed by atoms with Crippen molar-refractivity contribution in [3.63, 3.8) is 0 Å². The van der Waals surface area contributed by atoms with Crippen LogP contribution < -0.4 is 10.6 Å². The van der Waals surface area contributed by atoms with Gasteiger partial charge < -0.3 is 10.6 Å². The van der Waals surface area contributed by atoms with Crippen molar-refractivity contribution in [3.8, 4) is 0 Å². The fraction of sp³-hybridized carbons (Fsp3) is 0.333. The van der Waals surface area contributed by atoms with Gasteiger partial charge in [-0.2, -0.15) is 0 Å². The van der Waals surface area contributed by atoms with E-state index < -0.39 is 0 Å². The molecule has 4 nitrogen and oxygen atoms in total. The average Bonchev–Trinajstić information content (AvgIpc) is 2.23. The molecule has 0 atom stereocenters. The van der Waals surface area contributed by atoms with E-state index in [9.17, 15) is 9.59 Å². The molecular formula is C12H15ClN2O2. The van der Waals surface area contributed by atoms with Gasteiger partial charge in [0.1, 0.15) is 0 Å². The molecular weight excluding hydrogens is 240 g/mol. The van der Waals surface area contributed by atoms with Gasteiger partial charge in [0.25, 0.3) is 0 Å². The molecule has 2 N–H and O–H groups in total. The maximum Gasteiger partial charge on any atom is 0.226 e. The van der Waals surface area contributed by atoms with Crippen LogP contribution in [0.15, 0.2) is 18.2 Å². The molecule has 0 bridgehead atoms. The molecule has 17 heavy (non-hydrogen) atoms. The lowest BCUT2D eigenvalue weighted by atomic mass is 10.2. The van der Waals surface area contributed by atoms with E-state index in [1.165, 1.54) is 6.92 Å². The van der Waals surface area contributed by atoms with E-state index in [2.05, 4.69) is 10.6 Å². The number of hydrogen-bond acceptors (Lipinski definition) is 2. The van der Waals surface area contributed by atoms with Crippen molar-refractivity contribution in [2.45, 2.75) is 20.3 Å². The predicted octanol–water partition coefficient (Wildman–Crippen LogP) is 2.11. The zero-order valence-corrected chi connectivity index (χ0v) is 10.6. The van der Waals surface area contributed by atoms with Gasteiger partial charge in [-0.1, -0.05) is 17.7 Å². The van der Waals surface area contributed by atoms with Gasteiger partial charge in [-0.05, 0) is 24.6 Å². The Morgan fingerprint density at radius 2 is 2.06 bits per heavy atom. The number of rotatable bonds is 4. The summed E-state index contributed by atoms with van der Waals surface area (Å²) in [6.07, 6.45) is 0.242. The Morgan fingerprint density at radius 3 is 2.71 bits per heavy atom. The van der Waals surface area contributed by atoms with Crippen molar-refractivity contribution >= 4 is 29.1 Å². The van der Waals surface area contributed by atoms with E-state index in [4.69, 9.17) is 11.6 Å². The van der Waals surface area contributed by atoms with Gasteiger partial charge in [-0.15, -0.1) is 0 Å². The van der Waals surface area contributed by atoms with Crippen LogP contribution in [-0.2, 0) is 9.59 Å². The number of hydrogen-bond donors (Lipinski definition) is 2. The molecule has 1 rings (SSSR count). The Morgan fingerprint density at radius 1 is 1.35 bits per heavy atom. The molecule has 0 aliphatic rings. The number of carbonyl (C=O) groups excluding carboxylic acids is 2. The summed E-state index contributed by atoms with van der Waals surface area (Å²) < 4.78 is 0. The maximum atomic E-state index is 11.6. The van der Waals surface area contributed by atoms with Crippen molar-refractivity contribution in [2.75, 3.05) is 11.9 Å². The summed E-state index contributed by atoms with van der Waals surface area (Å²) in [5.41, 5.74) is 1.65. The molecule has 0 fully saturated rings. The number of aryl methyl sites for hydroxylation is 1. The van der Waals surface area contributed by atoms with Gasteiger partial charge in [-0.25, -0.2) is 0 Å². The zero-order chi connectivity index (χ0) is 12.8. The van der Waals surface area contributed by atoms with Crippen LogP contribution in [0.25, 0.3) is 0 Å². The topological polar surface area (TPSA) is 58.2 Å². The lowest BCUT2D eigenvalue weighted by molar-refractivity contribution is -0.119. The fourth-order valence-corrected chi connectivity index (χ4v) is 1.47. The normalized spacial score (nSPS) is 9.82. The van der Waals surface area contributed by atoms with Crippen molar-refractivity contribution in [1.29, 1.82) is 0 Å². The summed E-state index contributed by atoms with van der Waals surface area (Å²) in [6.45, 7) is 3.64. The molecule has 0 aliphatic heterocycles. The summed E-state index contributed by atoms with van der Waals surface area (Å²) >= 11 is 5.84. The summed E-state index contributed by atoms with van der Waals surface area (Å²) in [6, 6.07) is 5.31. The van der Waals surface area contributed by atoms with E-state index in [-0.39, 0.29) is 18.2 Å². The van der Waals surface area contributed by atoms with E-state index in [1.807, 2.05) is 13.0 Å². The maximum absolute atomic E-state index is 11.6. The van der Waals surface area contributed by atoms with Crippen LogP contribution in [0.2, 0.25) is 5.02 Å². The second-order valence-electron chi connectivity index (χ2n) is 3.74. The zero-order valence-electron chi connectivity index (χ0n) is 9.84. The highest BCUT2D eigenvalue weighted by Crippen LogP contribution is 2.20.